The molecule has 5 nitrogen and oxygen atoms in total. The van der Waals surface area contributed by atoms with Crippen molar-refractivity contribution in [2.24, 2.45) is 0 Å². The van der Waals surface area contributed by atoms with E-state index in [1.165, 1.54) is 16.9 Å². The molecular weight excluding hydrogens is 346 g/mol. The van der Waals surface area contributed by atoms with Gasteiger partial charge in [-0.25, -0.2) is 4.98 Å². The van der Waals surface area contributed by atoms with Crippen molar-refractivity contribution in [3.05, 3.63) is 75.2 Å². The highest BCUT2D eigenvalue weighted by Gasteiger charge is 2.16. The molecule has 1 N–H and O–H groups in total. The number of nitrogens with zero attached hydrogens (tertiary/aromatic N) is 2. The van der Waals surface area contributed by atoms with Gasteiger partial charge >= 0.3 is 0 Å². The van der Waals surface area contributed by atoms with Crippen LogP contribution in [-0.2, 0) is 6.61 Å². The molecule has 0 aliphatic heterocycles. The Morgan fingerprint density at radius 3 is 2.73 bits per heavy atom. The third kappa shape index (κ3) is 4.26. The molecule has 6 heteroatoms. The lowest BCUT2D eigenvalue weighted by atomic mass is 10.2. The smallest absolute Gasteiger partial charge is 0.267 e. The number of amides is 1. The number of carbonyl (C=O) groups is 1. The predicted molar refractivity (Wildman–Crippen MR) is 101 cm³/mol. The first-order chi connectivity index (χ1) is 12.5. The SMILES string of the molecule is Cc1ccc(OCc2nc(C)c(C(=O)Nc3cccc(C#N)c3)s2)cc1. The van der Waals surface area contributed by atoms with Crippen LogP contribution in [0.3, 0.4) is 0 Å². The molecule has 0 saturated heterocycles. The molecule has 0 bridgehead atoms. The number of hydrogen-bond acceptors (Lipinski definition) is 5. The molecule has 130 valence electrons. The van der Waals surface area contributed by atoms with Gasteiger partial charge in [0.15, 0.2) is 0 Å². The van der Waals surface area contributed by atoms with Gasteiger partial charge < -0.3 is 10.1 Å². The Morgan fingerprint density at radius 2 is 2.00 bits per heavy atom. The average molecular weight is 363 g/mol. The Balaban J connectivity index is 1.67. The zero-order chi connectivity index (χ0) is 18.5. The summed E-state index contributed by atoms with van der Waals surface area (Å²) >= 11 is 1.31. The highest BCUT2D eigenvalue weighted by atomic mass is 32.1. The van der Waals surface area contributed by atoms with Crippen LogP contribution in [0.2, 0.25) is 0 Å². The number of nitrogens with one attached hydrogen (secondary N) is 1. The second-order valence-corrected chi connectivity index (χ2v) is 6.85. The van der Waals surface area contributed by atoms with Gasteiger partial charge in [0.1, 0.15) is 22.2 Å². The first kappa shape index (κ1) is 17.6. The van der Waals surface area contributed by atoms with E-state index in [1.807, 2.05) is 31.2 Å². The molecule has 0 unspecified atom stereocenters. The first-order valence-electron chi connectivity index (χ1n) is 8.02. The molecule has 0 aliphatic carbocycles. The highest BCUT2D eigenvalue weighted by molar-refractivity contribution is 7.13. The fourth-order valence-corrected chi connectivity index (χ4v) is 3.23. The number of hydrogen-bond donors (Lipinski definition) is 1. The van der Waals surface area contributed by atoms with Crippen LogP contribution < -0.4 is 10.1 Å². The van der Waals surface area contributed by atoms with Crippen LogP contribution in [0, 0.1) is 25.2 Å². The van der Waals surface area contributed by atoms with Crippen LogP contribution in [0.1, 0.15) is 31.5 Å². The molecule has 0 aliphatic rings. The molecule has 3 rings (SSSR count). The van der Waals surface area contributed by atoms with Crippen molar-refractivity contribution in [3.63, 3.8) is 0 Å². The topological polar surface area (TPSA) is 75.0 Å². The minimum absolute atomic E-state index is 0.239. The maximum absolute atomic E-state index is 12.5. The number of benzene rings is 2. The van der Waals surface area contributed by atoms with Crippen LogP contribution in [0.4, 0.5) is 5.69 Å². The number of aromatic nitrogens is 1. The lowest BCUT2D eigenvalue weighted by Crippen LogP contribution is -2.11. The van der Waals surface area contributed by atoms with E-state index in [4.69, 9.17) is 10.00 Å². The lowest BCUT2D eigenvalue weighted by molar-refractivity contribution is 0.103. The van der Waals surface area contributed by atoms with Gasteiger partial charge in [-0.15, -0.1) is 11.3 Å². The van der Waals surface area contributed by atoms with Gasteiger partial charge in [0.25, 0.3) is 5.91 Å². The Morgan fingerprint density at radius 1 is 1.23 bits per heavy atom. The fraction of sp³-hybridized carbons (Fsp3) is 0.150. The summed E-state index contributed by atoms with van der Waals surface area (Å²) in [5.74, 6) is 0.527. The Bertz CT molecular complexity index is 971. The van der Waals surface area contributed by atoms with Crippen molar-refractivity contribution in [2.75, 3.05) is 5.32 Å². The summed E-state index contributed by atoms with van der Waals surface area (Å²) < 4.78 is 5.72. The molecule has 2 aromatic carbocycles. The van der Waals surface area contributed by atoms with Crippen molar-refractivity contribution >= 4 is 22.9 Å². The van der Waals surface area contributed by atoms with E-state index in [0.717, 1.165) is 10.8 Å². The Kier molecular flexibility index (Phi) is 5.30. The third-order valence-corrected chi connectivity index (χ3v) is 4.81. The van der Waals surface area contributed by atoms with Gasteiger partial charge in [0.2, 0.25) is 0 Å². The van der Waals surface area contributed by atoms with Crippen molar-refractivity contribution in [3.8, 4) is 11.8 Å². The average Bonchev–Trinajstić information content (AvgIpc) is 3.02. The summed E-state index contributed by atoms with van der Waals surface area (Å²) in [5.41, 5.74) is 2.91. The van der Waals surface area contributed by atoms with Crippen LogP contribution in [0.5, 0.6) is 5.75 Å². The van der Waals surface area contributed by atoms with E-state index in [2.05, 4.69) is 16.4 Å². The number of aryl methyl sites for hydroxylation is 2. The van der Waals surface area contributed by atoms with Crippen molar-refractivity contribution in [1.82, 2.24) is 4.98 Å². The molecule has 0 radical (unpaired) electrons. The molecular formula is C20H17N3O2S. The zero-order valence-electron chi connectivity index (χ0n) is 14.4. The van der Waals surface area contributed by atoms with Crippen molar-refractivity contribution in [2.45, 2.75) is 20.5 Å². The van der Waals surface area contributed by atoms with Gasteiger partial charge in [-0.1, -0.05) is 23.8 Å². The second kappa shape index (κ2) is 7.81. The number of anilines is 1. The second-order valence-electron chi connectivity index (χ2n) is 5.77. The van der Waals surface area contributed by atoms with Crippen molar-refractivity contribution < 1.29 is 9.53 Å². The third-order valence-electron chi connectivity index (χ3n) is 3.68. The molecule has 0 saturated carbocycles. The Labute approximate surface area is 155 Å². The van der Waals surface area contributed by atoms with Gasteiger partial charge in [0, 0.05) is 5.69 Å². The number of thiazole rings is 1. The highest BCUT2D eigenvalue weighted by Crippen LogP contribution is 2.22. The van der Waals surface area contributed by atoms with Gasteiger partial charge in [0.05, 0.1) is 17.3 Å². The van der Waals surface area contributed by atoms with E-state index in [9.17, 15) is 4.79 Å². The number of nitriles is 1. The maximum atomic E-state index is 12.5. The summed E-state index contributed by atoms with van der Waals surface area (Å²) in [6.45, 7) is 4.13. The fourth-order valence-electron chi connectivity index (χ4n) is 2.36. The molecule has 1 amide bonds. The monoisotopic (exact) mass is 363 g/mol. The molecule has 0 fully saturated rings. The van der Waals surface area contributed by atoms with E-state index in [1.54, 1.807) is 31.2 Å². The minimum atomic E-state index is -0.239. The summed E-state index contributed by atoms with van der Waals surface area (Å²) in [6.07, 6.45) is 0. The molecule has 1 heterocycles. The standard InChI is InChI=1S/C20H17N3O2S/c1-13-6-8-17(9-7-13)25-12-18-22-14(2)19(26-18)20(24)23-16-5-3-4-15(10-16)11-21/h3-10H,12H2,1-2H3,(H,23,24). The number of rotatable bonds is 5. The van der Waals surface area contributed by atoms with Crippen LogP contribution in [0.15, 0.2) is 48.5 Å². The van der Waals surface area contributed by atoms with E-state index in [-0.39, 0.29) is 5.91 Å². The maximum Gasteiger partial charge on any atom is 0.267 e. The number of carbonyl (C=O) groups excluding carboxylic acids is 1. The first-order valence-corrected chi connectivity index (χ1v) is 8.84. The summed E-state index contributed by atoms with van der Waals surface area (Å²) in [4.78, 5) is 17.5. The molecule has 0 atom stereocenters. The zero-order valence-corrected chi connectivity index (χ0v) is 15.3. The molecule has 0 spiro atoms. The van der Waals surface area contributed by atoms with Crippen LogP contribution in [-0.4, -0.2) is 10.9 Å². The summed E-state index contributed by atoms with van der Waals surface area (Å²) in [7, 11) is 0. The Hall–Kier alpha value is -3.17. The minimum Gasteiger partial charge on any atom is -0.486 e. The predicted octanol–water partition coefficient (Wildman–Crippen LogP) is 4.46. The van der Waals surface area contributed by atoms with Gasteiger partial charge in [-0.3, -0.25) is 4.79 Å². The normalized spacial score (nSPS) is 10.2. The van der Waals surface area contributed by atoms with Crippen LogP contribution in [0.25, 0.3) is 0 Å². The number of ether oxygens (including phenoxy) is 1. The van der Waals surface area contributed by atoms with Crippen molar-refractivity contribution in [1.29, 1.82) is 5.26 Å². The molecule has 3 aromatic rings. The molecule has 1 aromatic heterocycles. The lowest BCUT2D eigenvalue weighted by Gasteiger charge is -2.04. The van der Waals surface area contributed by atoms with E-state index in [0.29, 0.717) is 28.4 Å². The van der Waals surface area contributed by atoms with Crippen LogP contribution >= 0.6 is 11.3 Å². The van der Waals surface area contributed by atoms with E-state index >= 15 is 0 Å². The van der Waals surface area contributed by atoms with Gasteiger partial charge in [-0.2, -0.15) is 5.26 Å². The largest absolute Gasteiger partial charge is 0.486 e. The molecule has 26 heavy (non-hydrogen) atoms. The summed E-state index contributed by atoms with van der Waals surface area (Å²) in [6, 6.07) is 16.6. The quantitative estimate of drug-likeness (QED) is 0.726. The van der Waals surface area contributed by atoms with E-state index < -0.39 is 0 Å². The van der Waals surface area contributed by atoms with Gasteiger partial charge in [-0.05, 0) is 44.2 Å². The summed E-state index contributed by atoms with van der Waals surface area (Å²) in [5, 5.41) is 12.5.